The fourth-order valence-corrected chi connectivity index (χ4v) is 6.34. The lowest BCUT2D eigenvalue weighted by atomic mass is 9.60. The van der Waals surface area contributed by atoms with Gasteiger partial charge in [-0.3, -0.25) is 9.59 Å². The number of aliphatic hydroxyl groups is 1. The van der Waals surface area contributed by atoms with Gasteiger partial charge in [0.05, 0.1) is 0 Å². The lowest BCUT2D eigenvalue weighted by Gasteiger charge is -2.43. The molecule has 1 aromatic carbocycles. The van der Waals surface area contributed by atoms with E-state index in [1.54, 1.807) is 0 Å². The molecule has 40 heavy (non-hydrogen) atoms. The van der Waals surface area contributed by atoms with Gasteiger partial charge in [0.25, 0.3) is 0 Å². The summed E-state index contributed by atoms with van der Waals surface area (Å²) in [6, 6.07) is 7.79. The van der Waals surface area contributed by atoms with E-state index in [1.807, 2.05) is 18.2 Å². The molecule has 0 spiro atoms. The molecule has 214 valence electrons. The third-order valence-corrected chi connectivity index (χ3v) is 8.78. The molecule has 4 rings (SSSR count). The Morgan fingerprint density at radius 1 is 1.07 bits per heavy atom. The predicted octanol–water partition coefficient (Wildman–Crippen LogP) is 8.87. The van der Waals surface area contributed by atoms with Crippen LogP contribution < -0.4 is 5.43 Å². The number of allylic oxidation sites excluding steroid dienone is 5. The Kier molecular flexibility index (Phi) is 10.5. The van der Waals surface area contributed by atoms with E-state index in [0.29, 0.717) is 30.3 Å². The number of carbonyl (C=O) groups excluding carboxylic acids is 1. The van der Waals surface area contributed by atoms with Gasteiger partial charge in [0.2, 0.25) is 0 Å². The average molecular weight is 543 g/mol. The maximum atomic E-state index is 14.2. The first-order valence-electron chi connectivity index (χ1n) is 14.4. The number of benzene rings is 1. The molecule has 4 atom stereocenters. The molecule has 0 aliphatic heterocycles. The molecular weight excluding hydrogens is 496 g/mol. The molecule has 1 N–H and O–H groups in total. The van der Waals surface area contributed by atoms with Crippen molar-refractivity contribution in [3.63, 3.8) is 0 Å². The van der Waals surface area contributed by atoms with Gasteiger partial charge >= 0.3 is 0 Å². The second kappa shape index (κ2) is 13.4. The van der Waals surface area contributed by atoms with E-state index >= 15 is 0 Å². The molecule has 0 fully saturated rings. The Bertz CT molecular complexity index is 1350. The van der Waals surface area contributed by atoms with Crippen LogP contribution in [0, 0.1) is 17.3 Å². The Hall–Kier alpha value is -3.24. The normalized spacial score (nSPS) is 22.9. The second-order valence-corrected chi connectivity index (χ2v) is 12.0. The number of aliphatic hydroxyl groups excluding tert-OH is 1. The van der Waals surface area contributed by atoms with Gasteiger partial charge in [-0.25, -0.2) is 0 Å². The number of Topliss-reactive ketones (excluding diaryl/α,β-unsaturated/α-hetero) is 1. The third-order valence-electron chi connectivity index (χ3n) is 8.78. The smallest absolute Gasteiger partial charge is 0.196 e. The molecule has 3 unspecified atom stereocenters. The standard InChI is InChI=1S/C35H42O3.CH4O/c1-8-11-26-20-27(17-15-22(3)4)35(6,7)29(12-9-2)33(37)32-30(36)21-31(38-34(26)32)25-16-18-28-23(5)13-10-14-24(28)19-25;1-2/h8-10,14-16,18-19,21,23,26-27,29H,1-2,11-13,17,20H2,3-7H3;2H,1H3/t23?,26?,27-,29?;/m1./s1. The minimum absolute atomic E-state index is 0.101. The summed E-state index contributed by atoms with van der Waals surface area (Å²) in [5, 5.41) is 7.00. The third kappa shape index (κ3) is 6.39. The average Bonchev–Trinajstić information content (AvgIpc) is 2.92. The molecule has 2 aliphatic carbocycles. The van der Waals surface area contributed by atoms with E-state index in [9.17, 15) is 9.59 Å². The lowest BCUT2D eigenvalue weighted by molar-refractivity contribution is 0.0591. The van der Waals surface area contributed by atoms with E-state index in [1.165, 1.54) is 17.2 Å². The highest BCUT2D eigenvalue weighted by Crippen LogP contribution is 2.49. The van der Waals surface area contributed by atoms with Crippen molar-refractivity contribution in [2.45, 2.75) is 78.6 Å². The van der Waals surface area contributed by atoms with E-state index < -0.39 is 0 Å². The number of carbonyl (C=O) groups is 1. The summed E-state index contributed by atoms with van der Waals surface area (Å²) in [6.45, 7) is 18.7. The van der Waals surface area contributed by atoms with Crippen molar-refractivity contribution in [2.75, 3.05) is 7.11 Å². The fourth-order valence-electron chi connectivity index (χ4n) is 6.34. The topological polar surface area (TPSA) is 67.5 Å². The van der Waals surface area contributed by atoms with Gasteiger partial charge in [-0.15, -0.1) is 13.2 Å². The van der Waals surface area contributed by atoms with E-state index in [2.05, 4.69) is 78.1 Å². The van der Waals surface area contributed by atoms with Gasteiger partial charge in [-0.1, -0.05) is 68.9 Å². The Labute approximate surface area is 240 Å². The maximum absolute atomic E-state index is 14.2. The highest BCUT2D eigenvalue weighted by atomic mass is 16.3. The summed E-state index contributed by atoms with van der Waals surface area (Å²) in [5.74, 6) is 1.16. The maximum Gasteiger partial charge on any atom is 0.196 e. The molecule has 4 heteroatoms. The van der Waals surface area contributed by atoms with E-state index in [0.717, 1.165) is 37.5 Å². The van der Waals surface area contributed by atoms with Crippen LogP contribution in [-0.4, -0.2) is 18.0 Å². The zero-order valence-electron chi connectivity index (χ0n) is 25.1. The van der Waals surface area contributed by atoms with Gasteiger partial charge in [0, 0.05) is 30.6 Å². The number of ketones is 1. The highest BCUT2D eigenvalue weighted by Gasteiger charge is 2.45. The molecule has 2 aliphatic rings. The van der Waals surface area contributed by atoms with E-state index in [4.69, 9.17) is 9.52 Å². The zero-order valence-corrected chi connectivity index (χ0v) is 25.1. The van der Waals surface area contributed by atoms with Crippen molar-refractivity contribution >= 4 is 11.9 Å². The summed E-state index contributed by atoms with van der Waals surface area (Å²) in [7, 11) is 1.00. The van der Waals surface area contributed by atoms with Crippen molar-refractivity contribution in [1.82, 2.24) is 0 Å². The first-order valence-corrected chi connectivity index (χ1v) is 14.4. The summed E-state index contributed by atoms with van der Waals surface area (Å²) in [6.07, 6.45) is 14.2. The van der Waals surface area contributed by atoms with Crippen molar-refractivity contribution in [2.24, 2.45) is 17.3 Å². The monoisotopic (exact) mass is 542 g/mol. The van der Waals surface area contributed by atoms with Crippen molar-refractivity contribution in [1.29, 1.82) is 0 Å². The molecule has 0 bridgehead atoms. The van der Waals surface area contributed by atoms with Crippen LogP contribution in [0.1, 0.15) is 106 Å². The molecule has 0 saturated heterocycles. The van der Waals surface area contributed by atoms with Crippen LogP contribution >= 0.6 is 0 Å². The molecular formula is C36H46O4. The first kappa shape index (κ1) is 31.3. The molecule has 1 heterocycles. The van der Waals surface area contributed by atoms with Gasteiger partial charge in [-0.05, 0) is 80.4 Å². The number of hydrogen-bond donors (Lipinski definition) is 1. The summed E-state index contributed by atoms with van der Waals surface area (Å²) >= 11 is 0. The van der Waals surface area contributed by atoms with Gasteiger partial charge < -0.3 is 9.52 Å². The number of fused-ring (bicyclic) bond motifs is 2. The second-order valence-electron chi connectivity index (χ2n) is 12.0. The fraction of sp³-hybridized carbons (Fsp3) is 0.444. The predicted molar refractivity (Wildman–Crippen MR) is 167 cm³/mol. The van der Waals surface area contributed by atoms with Crippen molar-refractivity contribution < 1.29 is 14.3 Å². The first-order chi connectivity index (χ1) is 19.1. The number of rotatable bonds is 7. The Morgan fingerprint density at radius 3 is 2.42 bits per heavy atom. The molecule has 4 nitrogen and oxygen atoms in total. The Balaban J connectivity index is 0.00000216. The summed E-state index contributed by atoms with van der Waals surface area (Å²) in [4.78, 5) is 27.9. The lowest BCUT2D eigenvalue weighted by Crippen LogP contribution is -2.42. The van der Waals surface area contributed by atoms with Gasteiger partial charge in [-0.2, -0.15) is 0 Å². The van der Waals surface area contributed by atoms with Gasteiger partial charge in [0.15, 0.2) is 11.2 Å². The minimum atomic E-state index is -0.344. The Morgan fingerprint density at radius 2 is 1.77 bits per heavy atom. The highest BCUT2D eigenvalue weighted by molar-refractivity contribution is 5.99. The van der Waals surface area contributed by atoms with Crippen molar-refractivity contribution in [3.05, 3.63) is 100.0 Å². The van der Waals surface area contributed by atoms with Crippen LogP contribution in [0.3, 0.4) is 0 Å². The molecule has 0 radical (unpaired) electrons. The van der Waals surface area contributed by atoms with Crippen LogP contribution in [0.5, 0.6) is 0 Å². The van der Waals surface area contributed by atoms with Crippen LogP contribution in [-0.2, 0) is 0 Å². The number of hydrogen-bond acceptors (Lipinski definition) is 4. The van der Waals surface area contributed by atoms with Gasteiger partial charge in [0.1, 0.15) is 17.1 Å². The molecule has 2 aromatic rings. The summed E-state index contributed by atoms with van der Waals surface area (Å²) < 4.78 is 6.59. The van der Waals surface area contributed by atoms with Crippen LogP contribution in [0.2, 0.25) is 0 Å². The van der Waals surface area contributed by atoms with Crippen LogP contribution in [0.4, 0.5) is 0 Å². The summed E-state index contributed by atoms with van der Waals surface area (Å²) in [5.41, 5.74) is 4.23. The van der Waals surface area contributed by atoms with Crippen LogP contribution in [0.25, 0.3) is 17.4 Å². The SMILES string of the molecule is C=CCC1C[C@@H](CC=C(C)C)C(C)(C)C(CC=C)C(=O)c2c1oc(-c1ccc3c(c1)C=CCC3C)cc2=O.CO. The largest absolute Gasteiger partial charge is 0.460 e. The van der Waals surface area contributed by atoms with Crippen LogP contribution in [0.15, 0.2) is 76.5 Å². The zero-order chi connectivity index (χ0) is 29.6. The molecule has 0 saturated carbocycles. The van der Waals surface area contributed by atoms with E-state index in [-0.39, 0.29) is 39.9 Å². The van der Waals surface area contributed by atoms with Crippen molar-refractivity contribution in [3.8, 4) is 11.3 Å². The molecule has 0 amide bonds. The minimum Gasteiger partial charge on any atom is -0.460 e. The molecule has 1 aromatic heterocycles. The quantitative estimate of drug-likeness (QED) is 0.355.